The number of hydrogen-bond donors (Lipinski definition) is 1. The van der Waals surface area contributed by atoms with Gasteiger partial charge in [0.15, 0.2) is 0 Å². The SMILES string of the molecule is C[C@H](C(=O)NC1(C#Cc2cnc3ccccc3c2)CCCCC1)n1cncn1. The van der Waals surface area contributed by atoms with Gasteiger partial charge in [0, 0.05) is 17.1 Å². The molecular formula is C22H23N5O. The van der Waals surface area contributed by atoms with Gasteiger partial charge in [-0.25, -0.2) is 9.67 Å². The lowest BCUT2D eigenvalue weighted by molar-refractivity contribution is -0.125. The van der Waals surface area contributed by atoms with Crippen LogP contribution in [-0.2, 0) is 4.79 Å². The number of carbonyl (C=O) groups is 1. The molecule has 1 atom stereocenters. The number of nitrogens with one attached hydrogen (secondary N) is 1. The molecule has 1 amide bonds. The average Bonchev–Trinajstić information content (AvgIpc) is 3.27. The topological polar surface area (TPSA) is 72.7 Å². The Labute approximate surface area is 164 Å². The van der Waals surface area contributed by atoms with Crippen LogP contribution in [0.4, 0.5) is 0 Å². The van der Waals surface area contributed by atoms with E-state index in [0.717, 1.165) is 42.1 Å². The highest BCUT2D eigenvalue weighted by molar-refractivity contribution is 5.81. The number of aromatic nitrogens is 4. The molecule has 6 heteroatoms. The number of pyridine rings is 1. The second kappa shape index (κ2) is 7.81. The minimum absolute atomic E-state index is 0.0849. The highest BCUT2D eigenvalue weighted by atomic mass is 16.2. The van der Waals surface area contributed by atoms with Crippen LogP contribution in [0.5, 0.6) is 0 Å². The second-order valence-corrected chi connectivity index (χ2v) is 7.35. The lowest BCUT2D eigenvalue weighted by Crippen LogP contribution is -2.50. The Hall–Kier alpha value is -3.20. The van der Waals surface area contributed by atoms with E-state index >= 15 is 0 Å². The van der Waals surface area contributed by atoms with Gasteiger partial charge in [0.2, 0.25) is 5.91 Å². The largest absolute Gasteiger partial charge is 0.338 e. The Balaban J connectivity index is 1.59. The molecule has 1 aliphatic rings. The van der Waals surface area contributed by atoms with Crippen molar-refractivity contribution in [3.63, 3.8) is 0 Å². The molecule has 1 aliphatic carbocycles. The summed E-state index contributed by atoms with van der Waals surface area (Å²) in [5, 5.41) is 8.35. The Kier molecular flexibility index (Phi) is 5.07. The van der Waals surface area contributed by atoms with E-state index in [2.05, 4.69) is 32.2 Å². The number of fused-ring (bicyclic) bond motifs is 1. The van der Waals surface area contributed by atoms with E-state index in [4.69, 9.17) is 0 Å². The predicted molar refractivity (Wildman–Crippen MR) is 107 cm³/mol. The van der Waals surface area contributed by atoms with Gasteiger partial charge in [-0.05, 0) is 31.9 Å². The summed E-state index contributed by atoms with van der Waals surface area (Å²) in [6, 6.07) is 9.61. The van der Waals surface area contributed by atoms with Crippen LogP contribution in [0.2, 0.25) is 0 Å². The maximum absolute atomic E-state index is 12.8. The van der Waals surface area contributed by atoms with Crippen molar-refractivity contribution in [2.75, 3.05) is 0 Å². The van der Waals surface area contributed by atoms with Crippen molar-refractivity contribution in [1.29, 1.82) is 0 Å². The minimum atomic E-state index is -0.504. The van der Waals surface area contributed by atoms with Crippen LogP contribution in [0.3, 0.4) is 0 Å². The molecule has 28 heavy (non-hydrogen) atoms. The molecule has 1 saturated carbocycles. The fourth-order valence-electron chi connectivity index (χ4n) is 3.65. The zero-order chi connectivity index (χ0) is 19.4. The number of benzene rings is 1. The van der Waals surface area contributed by atoms with Crippen LogP contribution in [-0.4, -0.2) is 31.2 Å². The van der Waals surface area contributed by atoms with Gasteiger partial charge in [0.1, 0.15) is 24.2 Å². The lowest BCUT2D eigenvalue weighted by Gasteiger charge is -2.34. The standard InChI is InChI=1S/C22H23N5O/c1-17(27-16-23-15-25-27)21(28)26-22(10-5-2-6-11-22)12-9-18-13-19-7-3-4-8-20(19)24-14-18/h3-4,7-8,13-17H,2,5-6,10-11H2,1H3,(H,26,28)/t17-/m1/s1. The number of amides is 1. The molecule has 6 nitrogen and oxygen atoms in total. The zero-order valence-corrected chi connectivity index (χ0v) is 15.9. The summed E-state index contributed by atoms with van der Waals surface area (Å²) in [6.07, 6.45) is 9.80. The van der Waals surface area contributed by atoms with Gasteiger partial charge in [-0.2, -0.15) is 5.10 Å². The third kappa shape index (κ3) is 3.89. The summed E-state index contributed by atoms with van der Waals surface area (Å²) >= 11 is 0. The highest BCUT2D eigenvalue weighted by Gasteiger charge is 2.33. The second-order valence-electron chi connectivity index (χ2n) is 7.35. The normalized spacial score (nSPS) is 16.8. The first-order valence-corrected chi connectivity index (χ1v) is 9.69. The Bertz CT molecular complexity index is 1030. The molecule has 0 unspecified atom stereocenters. The highest BCUT2D eigenvalue weighted by Crippen LogP contribution is 2.28. The van der Waals surface area contributed by atoms with Crippen molar-refractivity contribution in [1.82, 2.24) is 25.1 Å². The molecule has 2 heterocycles. The number of para-hydroxylation sites is 1. The maximum atomic E-state index is 12.8. The predicted octanol–water partition coefficient (Wildman–Crippen LogP) is 3.26. The third-order valence-corrected chi connectivity index (χ3v) is 5.32. The van der Waals surface area contributed by atoms with Crippen molar-refractivity contribution in [2.24, 2.45) is 0 Å². The molecule has 3 aromatic rings. The Morgan fingerprint density at radius 3 is 2.86 bits per heavy atom. The van der Waals surface area contributed by atoms with Gasteiger partial charge in [-0.3, -0.25) is 9.78 Å². The Morgan fingerprint density at radius 2 is 2.07 bits per heavy atom. The van der Waals surface area contributed by atoms with Crippen LogP contribution >= 0.6 is 0 Å². The number of nitrogens with zero attached hydrogens (tertiary/aromatic N) is 4. The van der Waals surface area contributed by atoms with Crippen molar-refractivity contribution in [2.45, 2.75) is 50.6 Å². The van der Waals surface area contributed by atoms with Gasteiger partial charge in [-0.15, -0.1) is 0 Å². The average molecular weight is 373 g/mol. The van der Waals surface area contributed by atoms with Crippen LogP contribution < -0.4 is 5.32 Å². The molecule has 4 rings (SSSR count). The summed E-state index contributed by atoms with van der Waals surface area (Å²) < 4.78 is 1.56. The number of carbonyl (C=O) groups excluding carboxylic acids is 1. The van der Waals surface area contributed by atoms with E-state index in [1.807, 2.05) is 37.3 Å². The summed E-state index contributed by atoms with van der Waals surface area (Å²) in [6.45, 7) is 1.82. The molecule has 0 saturated heterocycles. The first kappa shape index (κ1) is 18.2. The van der Waals surface area contributed by atoms with E-state index in [9.17, 15) is 4.79 Å². The molecule has 2 aromatic heterocycles. The van der Waals surface area contributed by atoms with Gasteiger partial charge < -0.3 is 5.32 Å². The smallest absolute Gasteiger partial charge is 0.245 e. The molecular weight excluding hydrogens is 350 g/mol. The maximum Gasteiger partial charge on any atom is 0.245 e. The quantitative estimate of drug-likeness (QED) is 0.715. The molecule has 0 spiro atoms. The molecule has 1 fully saturated rings. The van der Waals surface area contributed by atoms with Crippen LogP contribution in [0, 0.1) is 11.8 Å². The van der Waals surface area contributed by atoms with Crippen molar-refractivity contribution in [3.8, 4) is 11.8 Å². The minimum Gasteiger partial charge on any atom is -0.338 e. The third-order valence-electron chi connectivity index (χ3n) is 5.32. The number of hydrogen-bond acceptors (Lipinski definition) is 4. The van der Waals surface area contributed by atoms with Crippen LogP contribution in [0.1, 0.15) is 50.6 Å². The van der Waals surface area contributed by atoms with Crippen molar-refractivity contribution in [3.05, 3.63) is 54.7 Å². The summed E-state index contributed by atoms with van der Waals surface area (Å²) in [4.78, 5) is 21.2. The summed E-state index contributed by atoms with van der Waals surface area (Å²) in [5.74, 6) is 6.56. The molecule has 0 bridgehead atoms. The van der Waals surface area contributed by atoms with E-state index in [-0.39, 0.29) is 5.91 Å². The molecule has 142 valence electrons. The lowest BCUT2D eigenvalue weighted by atomic mass is 9.81. The van der Waals surface area contributed by atoms with Crippen LogP contribution in [0.15, 0.2) is 49.2 Å². The van der Waals surface area contributed by atoms with Gasteiger partial charge in [0.05, 0.1) is 5.52 Å². The van der Waals surface area contributed by atoms with Gasteiger partial charge >= 0.3 is 0 Å². The molecule has 0 aliphatic heterocycles. The fraction of sp³-hybridized carbons (Fsp3) is 0.364. The fourth-order valence-corrected chi connectivity index (χ4v) is 3.65. The summed E-state index contributed by atoms with van der Waals surface area (Å²) in [7, 11) is 0. The summed E-state index contributed by atoms with van der Waals surface area (Å²) in [5.41, 5.74) is 1.31. The Morgan fingerprint density at radius 1 is 1.25 bits per heavy atom. The van der Waals surface area contributed by atoms with Crippen LogP contribution in [0.25, 0.3) is 10.9 Å². The van der Waals surface area contributed by atoms with Crippen molar-refractivity contribution >= 4 is 16.8 Å². The van der Waals surface area contributed by atoms with Gasteiger partial charge in [-0.1, -0.05) is 49.3 Å². The molecule has 1 N–H and O–H groups in total. The monoisotopic (exact) mass is 373 g/mol. The van der Waals surface area contributed by atoms with E-state index in [1.165, 1.54) is 12.7 Å². The first-order valence-electron chi connectivity index (χ1n) is 9.69. The van der Waals surface area contributed by atoms with Crippen molar-refractivity contribution < 1.29 is 4.79 Å². The first-order chi connectivity index (χ1) is 13.7. The van der Waals surface area contributed by atoms with E-state index in [1.54, 1.807) is 17.2 Å². The zero-order valence-electron chi connectivity index (χ0n) is 15.9. The number of rotatable bonds is 3. The molecule has 1 aromatic carbocycles. The molecule has 0 radical (unpaired) electrons. The van der Waals surface area contributed by atoms with E-state index < -0.39 is 11.6 Å². The van der Waals surface area contributed by atoms with E-state index in [0.29, 0.717) is 0 Å². The van der Waals surface area contributed by atoms with Gasteiger partial charge in [0.25, 0.3) is 0 Å².